The minimum atomic E-state index is -5.14. The predicted molar refractivity (Wildman–Crippen MR) is 112 cm³/mol. The minimum absolute atomic E-state index is 0. The quantitative estimate of drug-likeness (QED) is 0.192. The molecule has 0 saturated heterocycles. The number of unbranched alkanes of at least 4 members (excludes halogenated alkanes) is 8. The molecule has 9 heteroatoms. The Hall–Kier alpha value is -0.150. The van der Waals surface area contributed by atoms with E-state index >= 15 is 0 Å². The van der Waals surface area contributed by atoms with Gasteiger partial charge < -0.3 is 10.2 Å². The molecule has 0 amide bonds. The van der Waals surface area contributed by atoms with Gasteiger partial charge in [0.15, 0.2) is 0 Å². The molecule has 1 unspecified atom stereocenters. The Balaban J connectivity index is 0. The molecule has 0 aliphatic carbocycles. The molecule has 7 nitrogen and oxygen atoms in total. The molecular weight excluding hydrogens is 395 g/mol. The monoisotopic (exact) mass is 432 g/mol. The number of hydrogen-bond acceptors (Lipinski definition) is 4. The topological polar surface area (TPSA) is 129 Å². The van der Waals surface area contributed by atoms with Crippen LogP contribution in [0.5, 0.6) is 0 Å². The Morgan fingerprint density at radius 1 is 0.750 bits per heavy atom. The van der Waals surface area contributed by atoms with E-state index in [0.717, 1.165) is 45.4 Å². The van der Waals surface area contributed by atoms with Crippen LogP contribution in [0.2, 0.25) is 0 Å². The van der Waals surface area contributed by atoms with Crippen molar-refractivity contribution in [3.63, 3.8) is 0 Å². The Labute approximate surface area is 191 Å². The van der Waals surface area contributed by atoms with Gasteiger partial charge in [-0.05, 0) is 19.8 Å². The normalized spacial score (nSPS) is 14.1. The van der Waals surface area contributed by atoms with E-state index in [2.05, 4.69) is 0 Å². The van der Waals surface area contributed by atoms with E-state index in [4.69, 9.17) is 0 Å². The molecule has 0 bridgehead atoms. The summed E-state index contributed by atoms with van der Waals surface area (Å²) in [6.45, 7) is 4.91. The summed E-state index contributed by atoms with van der Waals surface area (Å²) in [6.07, 6.45) is 7.70. The molecule has 28 heavy (non-hydrogen) atoms. The molecule has 0 aliphatic rings. The molecule has 0 aliphatic heterocycles. The number of rotatable bonds is 16. The standard InChI is InChI=1S/C19H36O7S.Na.H/c1-4-6-8-10-12-14-19(17(22)23,15-13-11-9-7-5-2)18(3,16(20)21)27(24,25)26;;/h4-15H2,1-3H3,(H,20,21)(H,22,23)(H,24,25,26);;. The second kappa shape index (κ2) is 14.0. The summed E-state index contributed by atoms with van der Waals surface area (Å²) < 4.78 is 31.0. The first-order chi connectivity index (χ1) is 12.5. The van der Waals surface area contributed by atoms with E-state index < -0.39 is 32.2 Å². The van der Waals surface area contributed by atoms with E-state index in [9.17, 15) is 32.8 Å². The average molecular weight is 433 g/mol. The van der Waals surface area contributed by atoms with Gasteiger partial charge in [0.05, 0.1) is 0 Å². The number of carboxylic acids is 2. The van der Waals surface area contributed by atoms with Crippen molar-refractivity contribution in [2.45, 2.75) is 103 Å². The van der Waals surface area contributed by atoms with Crippen molar-refractivity contribution in [2.24, 2.45) is 5.41 Å². The second-order valence-corrected chi connectivity index (χ2v) is 9.30. The number of carbonyl (C=O) groups is 2. The Kier molecular flexibility index (Phi) is 15.0. The number of aliphatic carboxylic acids is 2. The molecule has 1 atom stereocenters. The van der Waals surface area contributed by atoms with Gasteiger partial charge in [-0.15, -0.1) is 0 Å². The van der Waals surface area contributed by atoms with Gasteiger partial charge in [0, 0.05) is 0 Å². The van der Waals surface area contributed by atoms with Gasteiger partial charge in [-0.3, -0.25) is 14.1 Å². The van der Waals surface area contributed by atoms with Crippen LogP contribution in [0.25, 0.3) is 0 Å². The van der Waals surface area contributed by atoms with Crippen molar-refractivity contribution in [3.8, 4) is 0 Å². The molecule has 0 aromatic carbocycles. The first-order valence-corrected chi connectivity index (χ1v) is 11.4. The summed E-state index contributed by atoms with van der Waals surface area (Å²) >= 11 is 0. The van der Waals surface area contributed by atoms with E-state index in [-0.39, 0.29) is 42.4 Å². The van der Waals surface area contributed by atoms with Gasteiger partial charge in [0.1, 0.15) is 5.41 Å². The molecule has 3 N–H and O–H groups in total. The fourth-order valence-electron chi connectivity index (χ4n) is 3.64. The first kappa shape index (κ1) is 30.0. The summed E-state index contributed by atoms with van der Waals surface area (Å²) in [5, 5.41) is 19.6. The zero-order valence-electron chi connectivity index (χ0n) is 16.9. The number of hydrogen-bond donors (Lipinski definition) is 3. The van der Waals surface area contributed by atoms with E-state index in [1.807, 2.05) is 13.8 Å². The van der Waals surface area contributed by atoms with E-state index in [0.29, 0.717) is 25.7 Å². The van der Waals surface area contributed by atoms with Crippen LogP contribution >= 0.6 is 0 Å². The van der Waals surface area contributed by atoms with Gasteiger partial charge in [0.25, 0.3) is 10.1 Å². The molecule has 0 radical (unpaired) electrons. The molecule has 0 aromatic heterocycles. The third-order valence-corrected chi connectivity index (χ3v) is 7.26. The van der Waals surface area contributed by atoms with Crippen LogP contribution in [-0.2, 0) is 19.7 Å². The van der Waals surface area contributed by atoms with Crippen molar-refractivity contribution in [1.29, 1.82) is 0 Å². The van der Waals surface area contributed by atoms with Crippen LogP contribution in [-0.4, -0.2) is 69.4 Å². The Morgan fingerprint density at radius 2 is 1.11 bits per heavy atom. The van der Waals surface area contributed by atoms with Gasteiger partial charge in [-0.2, -0.15) is 8.42 Å². The molecule has 0 saturated carbocycles. The third kappa shape index (κ3) is 7.59. The zero-order valence-corrected chi connectivity index (χ0v) is 17.7. The predicted octanol–water partition coefficient (Wildman–Crippen LogP) is 3.86. The summed E-state index contributed by atoms with van der Waals surface area (Å²) in [7, 11) is -5.14. The van der Waals surface area contributed by atoms with Crippen LogP contribution < -0.4 is 0 Å². The van der Waals surface area contributed by atoms with E-state index in [1.165, 1.54) is 0 Å². The fraction of sp³-hybridized carbons (Fsp3) is 0.895. The van der Waals surface area contributed by atoms with Crippen LogP contribution in [0.15, 0.2) is 0 Å². The Bertz CT molecular complexity index is 563. The van der Waals surface area contributed by atoms with Gasteiger partial charge >= 0.3 is 41.5 Å². The van der Waals surface area contributed by atoms with Gasteiger partial charge in [-0.25, -0.2) is 0 Å². The fourth-order valence-corrected chi connectivity index (χ4v) is 4.65. The van der Waals surface area contributed by atoms with Crippen molar-refractivity contribution in [1.82, 2.24) is 0 Å². The third-order valence-electron chi connectivity index (χ3n) is 5.66. The van der Waals surface area contributed by atoms with Crippen LogP contribution in [0.3, 0.4) is 0 Å². The van der Waals surface area contributed by atoms with Crippen molar-refractivity contribution >= 4 is 51.6 Å². The van der Waals surface area contributed by atoms with Gasteiger partial charge in [0.2, 0.25) is 4.75 Å². The van der Waals surface area contributed by atoms with Crippen molar-refractivity contribution in [2.75, 3.05) is 0 Å². The summed E-state index contributed by atoms with van der Waals surface area (Å²) in [5.74, 6) is -3.30. The van der Waals surface area contributed by atoms with Gasteiger partial charge in [-0.1, -0.05) is 78.1 Å². The van der Waals surface area contributed by atoms with Crippen molar-refractivity contribution < 1.29 is 32.8 Å². The molecule has 0 fully saturated rings. The maximum atomic E-state index is 12.2. The first-order valence-electron chi connectivity index (χ1n) is 9.95. The van der Waals surface area contributed by atoms with Crippen LogP contribution in [0, 0.1) is 5.41 Å². The summed E-state index contributed by atoms with van der Waals surface area (Å²) in [4.78, 5) is 24.1. The molecule has 0 rings (SSSR count). The zero-order chi connectivity index (χ0) is 21.1. The summed E-state index contributed by atoms with van der Waals surface area (Å²) in [6, 6.07) is 0. The average Bonchev–Trinajstić information content (AvgIpc) is 2.57. The SMILES string of the molecule is CCCCCCCC(CCCCCCC)(C(=O)O)C(C)(C(=O)O)S(=O)(=O)O.[NaH]. The second-order valence-electron chi connectivity index (χ2n) is 7.53. The van der Waals surface area contributed by atoms with Crippen LogP contribution in [0.4, 0.5) is 0 Å². The Morgan fingerprint density at radius 3 is 1.36 bits per heavy atom. The van der Waals surface area contributed by atoms with Crippen molar-refractivity contribution in [3.05, 3.63) is 0 Å². The molecule has 0 aromatic rings. The molecule has 162 valence electrons. The molecule has 0 heterocycles. The molecular formula is C19H37NaO7S. The molecule has 0 spiro atoms. The van der Waals surface area contributed by atoms with Crippen LogP contribution in [0.1, 0.15) is 97.8 Å². The maximum absolute atomic E-state index is 12.2. The summed E-state index contributed by atoms with van der Waals surface area (Å²) in [5.41, 5.74) is -2.06. The number of carboxylic acid groups (broad SMARTS) is 2. The van der Waals surface area contributed by atoms with E-state index in [1.54, 1.807) is 0 Å².